The molecule has 1 atom stereocenters. The van der Waals surface area contributed by atoms with E-state index in [-0.39, 0.29) is 29.7 Å². The fourth-order valence-corrected chi connectivity index (χ4v) is 4.63. The van der Waals surface area contributed by atoms with Crippen molar-refractivity contribution < 1.29 is 19.1 Å². The minimum Gasteiger partial charge on any atom is -0.497 e. The molecular formula is C28H33N5O4. The van der Waals surface area contributed by atoms with Gasteiger partial charge >= 0.3 is 0 Å². The summed E-state index contributed by atoms with van der Waals surface area (Å²) >= 11 is 0. The maximum absolute atomic E-state index is 13.7. The van der Waals surface area contributed by atoms with Crippen LogP contribution < -0.4 is 15.4 Å². The first-order chi connectivity index (χ1) is 17.8. The molecular weight excluding hydrogens is 470 g/mol. The summed E-state index contributed by atoms with van der Waals surface area (Å²) in [6.07, 6.45) is 2.13. The number of nitrogens with zero attached hydrogens (tertiary/aromatic N) is 3. The number of aromatic nitrogens is 2. The zero-order valence-corrected chi connectivity index (χ0v) is 21.7. The summed E-state index contributed by atoms with van der Waals surface area (Å²) in [5.74, 6) is -0.337. The van der Waals surface area contributed by atoms with Gasteiger partial charge in [-0.05, 0) is 43.5 Å². The van der Waals surface area contributed by atoms with Gasteiger partial charge in [0, 0.05) is 19.6 Å². The first-order valence-electron chi connectivity index (χ1n) is 12.4. The van der Waals surface area contributed by atoms with Gasteiger partial charge in [-0.2, -0.15) is 0 Å². The quantitative estimate of drug-likeness (QED) is 0.467. The average Bonchev–Trinajstić information content (AvgIpc) is 3.32. The van der Waals surface area contributed by atoms with Gasteiger partial charge in [-0.3, -0.25) is 14.4 Å². The molecule has 0 radical (unpaired) electrons. The number of ether oxygens (including phenoxy) is 1. The highest BCUT2D eigenvalue weighted by Crippen LogP contribution is 2.29. The topological polar surface area (TPSA) is 106 Å². The Bertz CT molecular complexity index is 1300. The normalized spacial score (nSPS) is 16.8. The first-order valence-corrected chi connectivity index (χ1v) is 12.4. The number of hydrogen-bond acceptors (Lipinski definition) is 5. The Balaban J connectivity index is 1.52. The molecule has 2 aromatic carbocycles. The predicted octanol–water partition coefficient (Wildman–Crippen LogP) is 3.07. The van der Waals surface area contributed by atoms with Gasteiger partial charge in [0.1, 0.15) is 17.0 Å². The number of rotatable bonds is 9. The number of aryl methyl sites for hydroxylation is 1. The first kappa shape index (κ1) is 25.9. The van der Waals surface area contributed by atoms with Gasteiger partial charge in [0.25, 0.3) is 11.8 Å². The van der Waals surface area contributed by atoms with Crippen LogP contribution in [0.25, 0.3) is 0 Å². The molecule has 1 unspecified atom stereocenters. The molecule has 9 heteroatoms. The van der Waals surface area contributed by atoms with Crippen molar-refractivity contribution in [3.8, 4) is 5.75 Å². The molecule has 3 amide bonds. The Labute approximate surface area is 216 Å². The molecule has 0 aliphatic carbocycles. The lowest BCUT2D eigenvalue weighted by Crippen LogP contribution is -2.64. The van der Waals surface area contributed by atoms with Crippen LogP contribution in [0.2, 0.25) is 0 Å². The standard InChI is InChI=1S/C28H33N5O4/c1-5-13-33-26(35)24-23(25(34)29-16-21-8-6-7-19(2)14-21)31-18-32(24)17-28(33,3)27(36)30-15-20-9-11-22(37-4)12-10-20/h6-12,14,18H,5,13,15-17H2,1-4H3,(H,29,34)(H,30,36). The Kier molecular flexibility index (Phi) is 7.61. The molecule has 2 heterocycles. The van der Waals surface area contributed by atoms with Crippen LogP contribution in [0, 0.1) is 6.92 Å². The third-order valence-corrected chi connectivity index (χ3v) is 6.66. The maximum Gasteiger partial charge on any atom is 0.273 e. The molecule has 0 bridgehead atoms. The monoisotopic (exact) mass is 503 g/mol. The Morgan fingerprint density at radius 3 is 2.49 bits per heavy atom. The van der Waals surface area contributed by atoms with E-state index in [0.717, 1.165) is 22.4 Å². The predicted molar refractivity (Wildman–Crippen MR) is 139 cm³/mol. The van der Waals surface area contributed by atoms with Gasteiger partial charge in [0.05, 0.1) is 20.0 Å². The molecule has 0 spiro atoms. The number of carbonyl (C=O) groups is 3. The molecule has 0 fully saturated rings. The zero-order valence-electron chi connectivity index (χ0n) is 21.7. The minimum absolute atomic E-state index is 0.0689. The molecule has 0 saturated carbocycles. The van der Waals surface area contributed by atoms with Gasteiger partial charge < -0.3 is 24.8 Å². The molecule has 3 aromatic rings. The third kappa shape index (κ3) is 5.35. The lowest BCUT2D eigenvalue weighted by molar-refractivity contribution is -0.133. The molecule has 9 nitrogen and oxygen atoms in total. The molecule has 2 N–H and O–H groups in total. The van der Waals surface area contributed by atoms with Crippen molar-refractivity contribution in [3.63, 3.8) is 0 Å². The van der Waals surface area contributed by atoms with E-state index in [1.54, 1.807) is 23.5 Å². The molecule has 1 aromatic heterocycles. The van der Waals surface area contributed by atoms with Crippen molar-refractivity contribution in [1.29, 1.82) is 0 Å². The van der Waals surface area contributed by atoms with Crippen LogP contribution in [0.5, 0.6) is 5.75 Å². The summed E-state index contributed by atoms with van der Waals surface area (Å²) < 4.78 is 6.80. The fraction of sp³-hybridized carbons (Fsp3) is 0.357. The molecule has 0 saturated heterocycles. The summed E-state index contributed by atoms with van der Waals surface area (Å²) in [5, 5.41) is 5.83. The van der Waals surface area contributed by atoms with Crippen LogP contribution in [-0.2, 0) is 24.4 Å². The molecule has 4 rings (SSSR count). The third-order valence-electron chi connectivity index (χ3n) is 6.66. The van der Waals surface area contributed by atoms with E-state index in [0.29, 0.717) is 26.1 Å². The minimum atomic E-state index is -1.14. The van der Waals surface area contributed by atoms with E-state index in [1.807, 2.05) is 62.4 Å². The largest absolute Gasteiger partial charge is 0.497 e. The van der Waals surface area contributed by atoms with E-state index in [9.17, 15) is 14.4 Å². The van der Waals surface area contributed by atoms with Crippen LogP contribution in [0.15, 0.2) is 54.9 Å². The Morgan fingerprint density at radius 2 is 1.81 bits per heavy atom. The second-order valence-electron chi connectivity index (χ2n) is 9.50. The van der Waals surface area contributed by atoms with Crippen LogP contribution in [0.3, 0.4) is 0 Å². The lowest BCUT2D eigenvalue weighted by atomic mass is 9.93. The Morgan fingerprint density at radius 1 is 1.08 bits per heavy atom. The summed E-state index contributed by atoms with van der Waals surface area (Å²) in [4.78, 5) is 45.9. The summed E-state index contributed by atoms with van der Waals surface area (Å²) in [6.45, 7) is 6.90. The van der Waals surface area contributed by atoms with Crippen LogP contribution in [0.4, 0.5) is 0 Å². The Hall–Kier alpha value is -4.14. The number of nitrogens with one attached hydrogen (secondary N) is 2. The van der Waals surface area contributed by atoms with E-state index in [1.165, 1.54) is 6.33 Å². The van der Waals surface area contributed by atoms with Crippen LogP contribution in [-0.4, -0.2) is 51.4 Å². The van der Waals surface area contributed by atoms with Gasteiger partial charge in [0.2, 0.25) is 5.91 Å². The van der Waals surface area contributed by atoms with Crippen molar-refractivity contribution >= 4 is 17.7 Å². The average molecular weight is 504 g/mol. The number of carbonyl (C=O) groups excluding carboxylic acids is 3. The maximum atomic E-state index is 13.7. The number of benzene rings is 2. The van der Waals surface area contributed by atoms with E-state index in [2.05, 4.69) is 15.6 Å². The molecule has 194 valence electrons. The SMILES string of the molecule is CCCN1C(=O)c2c(C(=O)NCc3cccc(C)c3)ncn2CC1(C)C(=O)NCc1ccc(OC)cc1. The van der Waals surface area contributed by atoms with E-state index in [4.69, 9.17) is 4.74 Å². The van der Waals surface area contributed by atoms with Gasteiger partial charge in [-0.15, -0.1) is 0 Å². The second-order valence-corrected chi connectivity index (χ2v) is 9.50. The van der Waals surface area contributed by atoms with E-state index < -0.39 is 11.4 Å². The van der Waals surface area contributed by atoms with Crippen LogP contribution >= 0.6 is 0 Å². The van der Waals surface area contributed by atoms with E-state index >= 15 is 0 Å². The van der Waals surface area contributed by atoms with Gasteiger partial charge in [-0.25, -0.2) is 4.98 Å². The van der Waals surface area contributed by atoms with Crippen LogP contribution in [0.1, 0.15) is 57.9 Å². The van der Waals surface area contributed by atoms with Gasteiger partial charge in [-0.1, -0.05) is 48.9 Å². The van der Waals surface area contributed by atoms with Crippen molar-refractivity contribution in [2.24, 2.45) is 0 Å². The second kappa shape index (κ2) is 10.9. The number of amides is 3. The number of imidazole rings is 1. The molecule has 1 aliphatic heterocycles. The number of hydrogen-bond donors (Lipinski definition) is 2. The lowest BCUT2D eigenvalue weighted by Gasteiger charge is -2.43. The summed E-state index contributed by atoms with van der Waals surface area (Å²) in [7, 11) is 1.60. The molecule has 37 heavy (non-hydrogen) atoms. The summed E-state index contributed by atoms with van der Waals surface area (Å²) in [6, 6.07) is 15.3. The highest BCUT2D eigenvalue weighted by Gasteiger charge is 2.48. The number of methoxy groups -OCH3 is 1. The summed E-state index contributed by atoms with van der Waals surface area (Å²) in [5.41, 5.74) is 2.11. The van der Waals surface area contributed by atoms with Crippen molar-refractivity contribution in [2.45, 2.75) is 52.4 Å². The highest BCUT2D eigenvalue weighted by atomic mass is 16.5. The highest BCUT2D eigenvalue weighted by molar-refractivity contribution is 6.07. The van der Waals surface area contributed by atoms with Crippen molar-refractivity contribution in [2.75, 3.05) is 13.7 Å². The van der Waals surface area contributed by atoms with Gasteiger partial charge in [0.15, 0.2) is 5.69 Å². The smallest absolute Gasteiger partial charge is 0.273 e. The zero-order chi connectivity index (χ0) is 26.6. The molecule has 1 aliphatic rings. The van der Waals surface area contributed by atoms with Crippen molar-refractivity contribution in [3.05, 3.63) is 82.9 Å². The van der Waals surface area contributed by atoms with Crippen molar-refractivity contribution in [1.82, 2.24) is 25.1 Å². The number of fused-ring (bicyclic) bond motifs is 1. The fourth-order valence-electron chi connectivity index (χ4n) is 4.63.